The first-order chi connectivity index (χ1) is 6.45. The molecule has 0 saturated carbocycles. The molecule has 0 aliphatic rings. The number of hydrogen-bond acceptors (Lipinski definition) is 3. The molecule has 82 valence electrons. The lowest BCUT2D eigenvalue weighted by molar-refractivity contribution is -0.138. The molecule has 0 aliphatic heterocycles. The Morgan fingerprint density at radius 2 is 1.93 bits per heavy atom. The second-order valence-electron chi connectivity index (χ2n) is 3.60. The standard InChI is InChI=1S/C10H20O3Si/c1-5-14(12,6-2)8-7-13-10(11)9(3)4/h12H,3,5-8H2,1-2,4H3. The van der Waals surface area contributed by atoms with Crippen LogP contribution < -0.4 is 0 Å². The minimum atomic E-state index is -2.11. The van der Waals surface area contributed by atoms with Crippen LogP contribution in [0.15, 0.2) is 12.2 Å². The molecule has 3 nitrogen and oxygen atoms in total. The highest BCUT2D eigenvalue weighted by Gasteiger charge is 2.26. The van der Waals surface area contributed by atoms with Gasteiger partial charge in [0.25, 0.3) is 0 Å². The lowest BCUT2D eigenvalue weighted by Gasteiger charge is -2.21. The van der Waals surface area contributed by atoms with Crippen LogP contribution >= 0.6 is 0 Å². The normalized spacial score (nSPS) is 11.1. The largest absolute Gasteiger partial charge is 0.463 e. The van der Waals surface area contributed by atoms with E-state index in [4.69, 9.17) is 4.74 Å². The first kappa shape index (κ1) is 13.4. The minimum absolute atomic E-state index is 0.316. The summed E-state index contributed by atoms with van der Waals surface area (Å²) in [7, 11) is -2.11. The molecule has 0 aromatic heterocycles. The molecular weight excluding hydrogens is 196 g/mol. The summed E-state index contributed by atoms with van der Waals surface area (Å²) in [4.78, 5) is 21.0. The summed E-state index contributed by atoms with van der Waals surface area (Å²) in [5.41, 5.74) is 0.406. The van der Waals surface area contributed by atoms with Crippen molar-refractivity contribution in [2.75, 3.05) is 6.61 Å². The Morgan fingerprint density at radius 1 is 1.43 bits per heavy atom. The number of esters is 1. The number of ether oxygens (including phenoxy) is 1. The Bertz CT molecular complexity index is 209. The number of hydrogen-bond donors (Lipinski definition) is 1. The van der Waals surface area contributed by atoms with Crippen molar-refractivity contribution in [3.8, 4) is 0 Å². The van der Waals surface area contributed by atoms with Gasteiger partial charge in [-0.3, -0.25) is 0 Å². The smallest absolute Gasteiger partial charge is 0.333 e. The van der Waals surface area contributed by atoms with Crippen molar-refractivity contribution >= 4 is 14.3 Å². The maximum absolute atomic E-state index is 11.0. The highest BCUT2D eigenvalue weighted by molar-refractivity contribution is 6.72. The van der Waals surface area contributed by atoms with Crippen LogP contribution in [0.25, 0.3) is 0 Å². The summed E-state index contributed by atoms with van der Waals surface area (Å²) in [6.07, 6.45) is 0. The molecule has 0 aliphatic carbocycles. The van der Waals surface area contributed by atoms with Crippen LogP contribution in [0.4, 0.5) is 0 Å². The zero-order valence-corrected chi connectivity index (χ0v) is 10.3. The van der Waals surface area contributed by atoms with E-state index < -0.39 is 8.32 Å². The average molecular weight is 216 g/mol. The Hall–Kier alpha value is -0.613. The number of rotatable bonds is 6. The minimum Gasteiger partial charge on any atom is -0.463 e. The summed E-state index contributed by atoms with van der Waals surface area (Å²) in [6, 6.07) is 2.25. The van der Waals surface area contributed by atoms with Gasteiger partial charge in [0.1, 0.15) is 0 Å². The lowest BCUT2D eigenvalue weighted by Crippen LogP contribution is -2.33. The van der Waals surface area contributed by atoms with Gasteiger partial charge < -0.3 is 9.53 Å². The predicted octanol–water partition coefficient (Wildman–Crippen LogP) is 2.08. The van der Waals surface area contributed by atoms with E-state index >= 15 is 0 Å². The van der Waals surface area contributed by atoms with Crippen LogP contribution in [0.3, 0.4) is 0 Å². The van der Waals surface area contributed by atoms with Gasteiger partial charge in [0.15, 0.2) is 8.32 Å². The van der Waals surface area contributed by atoms with Gasteiger partial charge >= 0.3 is 5.97 Å². The van der Waals surface area contributed by atoms with Crippen molar-refractivity contribution in [1.29, 1.82) is 0 Å². The molecule has 0 aromatic rings. The van der Waals surface area contributed by atoms with E-state index in [9.17, 15) is 9.59 Å². The molecule has 0 bridgehead atoms. The highest BCUT2D eigenvalue weighted by Crippen LogP contribution is 2.16. The van der Waals surface area contributed by atoms with Crippen molar-refractivity contribution < 1.29 is 14.3 Å². The maximum atomic E-state index is 11.0. The Kier molecular flexibility index (Phi) is 5.72. The number of carbonyl (C=O) groups excluding carboxylic acids is 1. The highest BCUT2D eigenvalue weighted by atomic mass is 28.4. The Labute approximate surface area is 86.9 Å². The predicted molar refractivity (Wildman–Crippen MR) is 59.5 cm³/mol. The third kappa shape index (κ3) is 4.57. The molecule has 0 atom stereocenters. The van der Waals surface area contributed by atoms with Crippen molar-refractivity contribution in [3.63, 3.8) is 0 Å². The summed E-state index contributed by atoms with van der Waals surface area (Å²) in [5.74, 6) is -0.367. The van der Waals surface area contributed by atoms with E-state index in [2.05, 4.69) is 6.58 Å². The molecule has 14 heavy (non-hydrogen) atoms. The summed E-state index contributed by atoms with van der Waals surface area (Å²) in [6.45, 7) is 9.38. The van der Waals surface area contributed by atoms with Crippen molar-refractivity contribution in [2.24, 2.45) is 0 Å². The first-order valence-electron chi connectivity index (χ1n) is 5.00. The van der Waals surface area contributed by atoms with Crippen LogP contribution in [-0.4, -0.2) is 25.7 Å². The molecule has 0 amide bonds. The second-order valence-corrected chi connectivity index (χ2v) is 7.96. The average Bonchev–Trinajstić information content (AvgIpc) is 2.17. The topological polar surface area (TPSA) is 46.5 Å². The number of carbonyl (C=O) groups is 1. The molecule has 0 radical (unpaired) electrons. The molecule has 0 aromatic carbocycles. The molecule has 1 N–H and O–H groups in total. The van der Waals surface area contributed by atoms with Gasteiger partial charge in [-0.05, 0) is 19.0 Å². The van der Waals surface area contributed by atoms with Gasteiger partial charge in [-0.15, -0.1) is 0 Å². The van der Waals surface area contributed by atoms with E-state index in [1.165, 1.54) is 0 Å². The molecule has 0 fully saturated rings. The maximum Gasteiger partial charge on any atom is 0.333 e. The summed E-state index contributed by atoms with van der Waals surface area (Å²) in [5, 5.41) is 0. The molecule has 0 spiro atoms. The van der Waals surface area contributed by atoms with Crippen LogP contribution in [0.5, 0.6) is 0 Å². The SMILES string of the molecule is C=C(C)C(=O)OCC[Si](O)(CC)CC. The van der Waals surface area contributed by atoms with Crippen LogP contribution in [-0.2, 0) is 9.53 Å². The molecule has 0 rings (SSSR count). The van der Waals surface area contributed by atoms with Crippen LogP contribution in [0.2, 0.25) is 18.1 Å². The van der Waals surface area contributed by atoms with Crippen molar-refractivity contribution in [3.05, 3.63) is 12.2 Å². The molecule has 0 saturated heterocycles. The van der Waals surface area contributed by atoms with Gasteiger partial charge in [0, 0.05) is 11.6 Å². The fourth-order valence-corrected chi connectivity index (χ4v) is 2.75. The molecular formula is C10H20O3Si. The third-order valence-corrected chi connectivity index (χ3v) is 6.23. The fraction of sp³-hybridized carbons (Fsp3) is 0.700. The zero-order chi connectivity index (χ0) is 11.2. The van der Waals surface area contributed by atoms with Gasteiger partial charge in [-0.1, -0.05) is 20.4 Å². The lowest BCUT2D eigenvalue weighted by atomic mass is 10.4. The Morgan fingerprint density at radius 3 is 2.29 bits per heavy atom. The van der Waals surface area contributed by atoms with Gasteiger partial charge in [-0.2, -0.15) is 0 Å². The van der Waals surface area contributed by atoms with E-state index in [1.807, 2.05) is 13.8 Å². The van der Waals surface area contributed by atoms with Crippen molar-refractivity contribution in [1.82, 2.24) is 0 Å². The van der Waals surface area contributed by atoms with Crippen LogP contribution in [0, 0.1) is 0 Å². The second kappa shape index (κ2) is 5.98. The zero-order valence-electron chi connectivity index (χ0n) is 9.30. The molecule has 0 unspecified atom stereocenters. The monoisotopic (exact) mass is 216 g/mol. The molecule has 0 heterocycles. The quantitative estimate of drug-likeness (QED) is 0.420. The third-order valence-electron chi connectivity index (χ3n) is 2.47. The summed E-state index contributed by atoms with van der Waals surface area (Å²) >= 11 is 0. The van der Waals surface area contributed by atoms with E-state index in [0.717, 1.165) is 12.1 Å². The van der Waals surface area contributed by atoms with Crippen LogP contribution in [0.1, 0.15) is 20.8 Å². The first-order valence-corrected chi connectivity index (χ1v) is 7.57. The van der Waals surface area contributed by atoms with E-state index in [0.29, 0.717) is 18.2 Å². The van der Waals surface area contributed by atoms with Gasteiger partial charge in [0.2, 0.25) is 0 Å². The van der Waals surface area contributed by atoms with E-state index in [1.54, 1.807) is 6.92 Å². The van der Waals surface area contributed by atoms with Crippen molar-refractivity contribution in [2.45, 2.75) is 38.9 Å². The van der Waals surface area contributed by atoms with Gasteiger partial charge in [-0.25, -0.2) is 4.79 Å². The fourth-order valence-electron chi connectivity index (χ4n) is 1.06. The summed E-state index contributed by atoms with van der Waals surface area (Å²) < 4.78 is 4.94. The Balaban J connectivity index is 3.83. The van der Waals surface area contributed by atoms with Gasteiger partial charge in [0.05, 0.1) is 6.61 Å². The van der Waals surface area contributed by atoms with E-state index in [-0.39, 0.29) is 5.97 Å². The molecule has 4 heteroatoms.